The maximum absolute atomic E-state index is 13.6. The van der Waals surface area contributed by atoms with Crippen LogP contribution in [0.4, 0.5) is 36.1 Å². The van der Waals surface area contributed by atoms with Crippen molar-refractivity contribution in [1.29, 1.82) is 0 Å². The number of amides is 1. The van der Waals surface area contributed by atoms with Crippen molar-refractivity contribution in [3.63, 3.8) is 0 Å². The van der Waals surface area contributed by atoms with Gasteiger partial charge in [0.25, 0.3) is 5.91 Å². The Morgan fingerprint density at radius 2 is 1.74 bits per heavy atom. The molecule has 5 rings (SSSR count). The number of methoxy groups -OCH3 is 1. The van der Waals surface area contributed by atoms with Gasteiger partial charge in [0.1, 0.15) is 11.6 Å². The van der Waals surface area contributed by atoms with Gasteiger partial charge in [0, 0.05) is 41.1 Å². The van der Waals surface area contributed by atoms with E-state index in [1.165, 1.54) is 6.07 Å². The summed E-state index contributed by atoms with van der Waals surface area (Å²) in [5, 5.41) is 6.78. The molecule has 0 saturated carbocycles. The van der Waals surface area contributed by atoms with E-state index in [4.69, 9.17) is 9.47 Å². The number of hydrogen-bond donors (Lipinski definition) is 2. The van der Waals surface area contributed by atoms with Crippen LogP contribution in [0.15, 0.2) is 72.8 Å². The second-order valence-electron chi connectivity index (χ2n) is 8.75. The third-order valence-corrected chi connectivity index (χ3v) is 6.19. The highest BCUT2D eigenvalue weighted by Crippen LogP contribution is 2.34. The average Bonchev–Trinajstić information content (AvgIpc) is 2.92. The van der Waals surface area contributed by atoms with Gasteiger partial charge in [-0.2, -0.15) is 13.2 Å². The molecule has 1 amide bonds. The Balaban J connectivity index is 1.36. The number of carbonyl (C=O) groups excluding carboxylic acids is 1. The van der Waals surface area contributed by atoms with Gasteiger partial charge in [-0.3, -0.25) is 4.79 Å². The highest BCUT2D eigenvalue weighted by atomic mass is 19.4. The number of benzene rings is 3. The van der Waals surface area contributed by atoms with Gasteiger partial charge >= 0.3 is 6.18 Å². The van der Waals surface area contributed by atoms with E-state index in [0.29, 0.717) is 49.2 Å². The fraction of sp³-hybridized carbons (Fsp3) is 0.214. The molecule has 10 heteroatoms. The maximum atomic E-state index is 13.6. The van der Waals surface area contributed by atoms with Gasteiger partial charge in [0.2, 0.25) is 0 Å². The van der Waals surface area contributed by atoms with Crippen molar-refractivity contribution in [3.8, 4) is 5.75 Å². The predicted octanol–water partition coefficient (Wildman–Crippen LogP) is 6.09. The topological polar surface area (TPSA) is 75.7 Å². The number of anilines is 4. The molecule has 0 spiro atoms. The van der Waals surface area contributed by atoms with Crippen LogP contribution in [0, 0.1) is 0 Å². The molecular formula is C28H25F3N4O3. The third-order valence-electron chi connectivity index (χ3n) is 6.19. The minimum atomic E-state index is -4.59. The van der Waals surface area contributed by atoms with Crippen LogP contribution < -0.4 is 20.3 Å². The van der Waals surface area contributed by atoms with E-state index in [-0.39, 0.29) is 5.56 Å². The maximum Gasteiger partial charge on any atom is 0.416 e. The number of morpholine rings is 1. The number of nitrogens with one attached hydrogen (secondary N) is 2. The van der Waals surface area contributed by atoms with Crippen LogP contribution in [-0.2, 0) is 10.9 Å². The molecule has 0 radical (unpaired) electrons. The van der Waals surface area contributed by atoms with E-state index in [1.807, 2.05) is 30.3 Å². The molecule has 0 unspecified atom stereocenters. The minimum Gasteiger partial charge on any atom is -0.496 e. The Morgan fingerprint density at radius 1 is 0.974 bits per heavy atom. The smallest absolute Gasteiger partial charge is 0.416 e. The molecule has 1 saturated heterocycles. The molecule has 196 valence electrons. The zero-order valence-corrected chi connectivity index (χ0v) is 20.5. The van der Waals surface area contributed by atoms with Gasteiger partial charge in [-0.05, 0) is 60.7 Å². The van der Waals surface area contributed by atoms with Crippen molar-refractivity contribution in [3.05, 3.63) is 83.9 Å². The normalized spacial score (nSPS) is 13.8. The van der Waals surface area contributed by atoms with Crippen LogP contribution >= 0.6 is 0 Å². The summed E-state index contributed by atoms with van der Waals surface area (Å²) in [7, 11) is 1.60. The van der Waals surface area contributed by atoms with E-state index < -0.39 is 17.6 Å². The molecule has 0 bridgehead atoms. The van der Waals surface area contributed by atoms with Crippen LogP contribution in [0.5, 0.6) is 5.75 Å². The van der Waals surface area contributed by atoms with Gasteiger partial charge in [-0.25, -0.2) is 4.98 Å². The zero-order chi connectivity index (χ0) is 26.7. The molecule has 0 aliphatic carbocycles. The van der Waals surface area contributed by atoms with E-state index >= 15 is 0 Å². The Labute approximate surface area is 217 Å². The van der Waals surface area contributed by atoms with Gasteiger partial charge in [0.05, 0.1) is 31.4 Å². The average molecular weight is 523 g/mol. The molecule has 2 N–H and O–H groups in total. The number of nitrogens with zero attached hydrogens (tertiary/aromatic N) is 2. The molecule has 4 aromatic rings. The number of ether oxygens (including phenoxy) is 2. The van der Waals surface area contributed by atoms with Gasteiger partial charge in [0.15, 0.2) is 0 Å². The first-order chi connectivity index (χ1) is 18.3. The SMILES string of the molecule is COc1cccc2nc(Nc3cccc(NC(=O)c4cc(N5CCOCC5)cc(C(F)(F)F)c4)c3)ccc12. The highest BCUT2D eigenvalue weighted by molar-refractivity contribution is 6.05. The lowest BCUT2D eigenvalue weighted by molar-refractivity contribution is -0.137. The molecular weight excluding hydrogens is 497 g/mol. The molecule has 3 aromatic carbocycles. The number of rotatable bonds is 6. The first-order valence-corrected chi connectivity index (χ1v) is 12.0. The number of pyridine rings is 1. The molecule has 2 heterocycles. The number of fused-ring (bicyclic) bond motifs is 1. The van der Waals surface area contributed by atoms with Gasteiger partial charge < -0.3 is 25.0 Å². The summed E-state index contributed by atoms with van der Waals surface area (Å²) >= 11 is 0. The molecule has 1 aliphatic rings. The molecule has 1 aliphatic heterocycles. The van der Waals surface area contributed by atoms with Gasteiger partial charge in [-0.15, -0.1) is 0 Å². The minimum absolute atomic E-state index is 0.0789. The van der Waals surface area contributed by atoms with E-state index in [1.54, 1.807) is 36.3 Å². The number of aromatic nitrogens is 1. The molecule has 0 atom stereocenters. The molecule has 1 aromatic heterocycles. The number of carbonyl (C=O) groups is 1. The standard InChI is InChI=1S/C28H25F3N4O3/c1-37-25-7-3-6-24-23(25)8-9-26(34-24)32-20-4-2-5-21(17-20)33-27(36)18-14-19(28(29,30)31)16-22(15-18)35-10-12-38-13-11-35/h2-9,14-17H,10-13H2,1H3,(H,32,34)(H,33,36). The lowest BCUT2D eigenvalue weighted by Crippen LogP contribution is -2.36. The number of halogens is 3. The quantitative estimate of drug-likeness (QED) is 0.319. The highest BCUT2D eigenvalue weighted by Gasteiger charge is 2.32. The number of hydrogen-bond acceptors (Lipinski definition) is 6. The van der Waals surface area contributed by atoms with E-state index in [0.717, 1.165) is 28.8 Å². The Morgan fingerprint density at radius 3 is 2.50 bits per heavy atom. The van der Waals surface area contributed by atoms with Crippen LogP contribution in [0.25, 0.3) is 10.9 Å². The van der Waals surface area contributed by atoms with Crippen molar-refractivity contribution in [2.24, 2.45) is 0 Å². The van der Waals surface area contributed by atoms with Crippen molar-refractivity contribution in [2.45, 2.75) is 6.18 Å². The lowest BCUT2D eigenvalue weighted by atomic mass is 10.1. The molecule has 1 fully saturated rings. The summed E-state index contributed by atoms with van der Waals surface area (Å²) in [6.07, 6.45) is -4.59. The summed E-state index contributed by atoms with van der Waals surface area (Å²) in [5.41, 5.74) is 1.21. The largest absolute Gasteiger partial charge is 0.496 e. The summed E-state index contributed by atoms with van der Waals surface area (Å²) < 4.78 is 51.5. The monoisotopic (exact) mass is 522 g/mol. The van der Waals surface area contributed by atoms with Crippen LogP contribution in [-0.4, -0.2) is 44.3 Å². The number of alkyl halides is 3. The van der Waals surface area contributed by atoms with E-state index in [9.17, 15) is 18.0 Å². The fourth-order valence-corrected chi connectivity index (χ4v) is 4.31. The van der Waals surface area contributed by atoms with E-state index in [2.05, 4.69) is 15.6 Å². The first kappa shape index (κ1) is 25.3. The summed E-state index contributed by atoms with van der Waals surface area (Å²) in [4.78, 5) is 19.4. The summed E-state index contributed by atoms with van der Waals surface area (Å²) in [6, 6.07) is 19.6. The van der Waals surface area contributed by atoms with Crippen LogP contribution in [0.2, 0.25) is 0 Å². The van der Waals surface area contributed by atoms with Crippen molar-refractivity contribution in [2.75, 3.05) is 48.9 Å². The molecule has 7 nitrogen and oxygen atoms in total. The second kappa shape index (κ2) is 10.6. The molecule has 38 heavy (non-hydrogen) atoms. The lowest BCUT2D eigenvalue weighted by Gasteiger charge is -2.29. The van der Waals surface area contributed by atoms with Crippen LogP contribution in [0.1, 0.15) is 15.9 Å². The van der Waals surface area contributed by atoms with Crippen molar-refractivity contribution in [1.82, 2.24) is 4.98 Å². The summed E-state index contributed by atoms with van der Waals surface area (Å²) in [5.74, 6) is 0.665. The zero-order valence-electron chi connectivity index (χ0n) is 20.5. The van der Waals surface area contributed by atoms with Crippen LogP contribution in [0.3, 0.4) is 0 Å². The second-order valence-corrected chi connectivity index (χ2v) is 8.75. The first-order valence-electron chi connectivity index (χ1n) is 12.0. The van der Waals surface area contributed by atoms with Crippen molar-refractivity contribution >= 4 is 39.7 Å². The Bertz CT molecular complexity index is 1470. The van der Waals surface area contributed by atoms with Gasteiger partial charge in [-0.1, -0.05) is 12.1 Å². The Kier molecular flexibility index (Phi) is 7.06. The third kappa shape index (κ3) is 5.65. The predicted molar refractivity (Wildman–Crippen MR) is 140 cm³/mol. The Hall–Kier alpha value is -4.31. The van der Waals surface area contributed by atoms with Crippen molar-refractivity contribution < 1.29 is 27.4 Å². The fourth-order valence-electron chi connectivity index (χ4n) is 4.31. The summed E-state index contributed by atoms with van der Waals surface area (Å²) in [6.45, 7) is 1.73.